The van der Waals surface area contributed by atoms with Crippen LogP contribution in [0.3, 0.4) is 0 Å². The van der Waals surface area contributed by atoms with Crippen LogP contribution in [0, 0.1) is 19.7 Å². The van der Waals surface area contributed by atoms with Gasteiger partial charge in [-0.05, 0) is 55.3 Å². The standard InChI is InChI=1S/C19H21FN2O3/c1-13-4-5-14(2)17(10-13)21-18(23)11-22(3)19(24)12-25-16-8-6-15(20)7-9-16/h4-10H,11-12H2,1-3H3,(H,21,23). The number of aryl methyl sites for hydroxylation is 2. The maximum Gasteiger partial charge on any atom is 0.260 e. The Balaban J connectivity index is 1.84. The Kier molecular flexibility index (Phi) is 6.11. The van der Waals surface area contributed by atoms with Gasteiger partial charge in [0.15, 0.2) is 6.61 Å². The summed E-state index contributed by atoms with van der Waals surface area (Å²) >= 11 is 0. The van der Waals surface area contributed by atoms with Gasteiger partial charge >= 0.3 is 0 Å². The maximum absolute atomic E-state index is 12.8. The van der Waals surface area contributed by atoms with Gasteiger partial charge in [-0.2, -0.15) is 0 Å². The quantitative estimate of drug-likeness (QED) is 0.877. The zero-order chi connectivity index (χ0) is 18.4. The van der Waals surface area contributed by atoms with Gasteiger partial charge in [-0.25, -0.2) is 4.39 Å². The fraction of sp³-hybridized carbons (Fsp3) is 0.263. The summed E-state index contributed by atoms with van der Waals surface area (Å²) in [4.78, 5) is 25.4. The molecule has 2 rings (SSSR count). The van der Waals surface area contributed by atoms with Crippen LogP contribution in [0.25, 0.3) is 0 Å². The molecular formula is C19H21FN2O3. The lowest BCUT2D eigenvalue weighted by Gasteiger charge is -2.18. The molecule has 0 bridgehead atoms. The molecule has 25 heavy (non-hydrogen) atoms. The van der Waals surface area contributed by atoms with Crippen molar-refractivity contribution in [3.8, 4) is 5.75 Å². The van der Waals surface area contributed by atoms with Crippen LogP contribution in [0.1, 0.15) is 11.1 Å². The van der Waals surface area contributed by atoms with E-state index in [4.69, 9.17) is 4.74 Å². The number of hydrogen-bond donors (Lipinski definition) is 1. The second-order valence-corrected chi connectivity index (χ2v) is 5.86. The molecule has 5 nitrogen and oxygen atoms in total. The number of rotatable bonds is 6. The van der Waals surface area contributed by atoms with Gasteiger partial charge in [-0.15, -0.1) is 0 Å². The molecular weight excluding hydrogens is 323 g/mol. The van der Waals surface area contributed by atoms with Crippen molar-refractivity contribution in [1.82, 2.24) is 4.90 Å². The summed E-state index contributed by atoms with van der Waals surface area (Å²) in [6, 6.07) is 11.2. The largest absolute Gasteiger partial charge is 0.484 e. The molecule has 0 aliphatic carbocycles. The summed E-state index contributed by atoms with van der Waals surface area (Å²) in [7, 11) is 1.53. The summed E-state index contributed by atoms with van der Waals surface area (Å²) in [5, 5.41) is 2.80. The van der Waals surface area contributed by atoms with Gasteiger partial charge in [0.2, 0.25) is 5.91 Å². The van der Waals surface area contributed by atoms with Gasteiger partial charge in [0.05, 0.1) is 6.54 Å². The number of benzene rings is 2. The maximum atomic E-state index is 12.8. The SMILES string of the molecule is Cc1ccc(C)c(NC(=O)CN(C)C(=O)COc2ccc(F)cc2)c1. The van der Waals surface area contributed by atoms with Crippen molar-refractivity contribution in [2.24, 2.45) is 0 Å². The minimum atomic E-state index is -0.376. The Labute approximate surface area is 146 Å². The normalized spacial score (nSPS) is 10.2. The molecule has 0 radical (unpaired) electrons. The van der Waals surface area contributed by atoms with Crippen LogP contribution in [-0.2, 0) is 9.59 Å². The molecule has 2 aromatic rings. The summed E-state index contributed by atoms with van der Waals surface area (Å²) in [6.45, 7) is 3.54. The van der Waals surface area contributed by atoms with Crippen molar-refractivity contribution < 1.29 is 18.7 Å². The minimum Gasteiger partial charge on any atom is -0.484 e. The van der Waals surface area contributed by atoms with Crippen molar-refractivity contribution in [2.45, 2.75) is 13.8 Å². The lowest BCUT2D eigenvalue weighted by atomic mass is 10.1. The Morgan fingerprint density at radius 1 is 1.12 bits per heavy atom. The van der Waals surface area contributed by atoms with Gasteiger partial charge in [0.1, 0.15) is 11.6 Å². The number of halogens is 1. The van der Waals surface area contributed by atoms with Crippen LogP contribution in [0.15, 0.2) is 42.5 Å². The van der Waals surface area contributed by atoms with Crippen molar-refractivity contribution in [3.05, 3.63) is 59.4 Å². The van der Waals surface area contributed by atoms with E-state index in [1.165, 1.54) is 36.2 Å². The topological polar surface area (TPSA) is 58.6 Å². The number of likely N-dealkylation sites (N-methyl/N-ethyl adjacent to an activating group) is 1. The molecule has 2 aromatic carbocycles. The average Bonchev–Trinajstić information content (AvgIpc) is 2.57. The Hall–Kier alpha value is -2.89. The van der Waals surface area contributed by atoms with Crippen LogP contribution >= 0.6 is 0 Å². The van der Waals surface area contributed by atoms with E-state index in [1.54, 1.807) is 0 Å². The average molecular weight is 344 g/mol. The first-order chi connectivity index (χ1) is 11.8. The Morgan fingerprint density at radius 3 is 2.48 bits per heavy atom. The highest BCUT2D eigenvalue weighted by Crippen LogP contribution is 2.16. The number of hydrogen-bond acceptors (Lipinski definition) is 3. The molecule has 0 aliphatic rings. The molecule has 0 fully saturated rings. The van der Waals surface area contributed by atoms with Crippen LogP contribution in [0.5, 0.6) is 5.75 Å². The van der Waals surface area contributed by atoms with Crippen LogP contribution in [-0.4, -0.2) is 36.9 Å². The summed E-state index contributed by atoms with van der Waals surface area (Å²) in [5.74, 6) is -0.617. The molecule has 0 heterocycles. The van der Waals surface area contributed by atoms with E-state index in [1.807, 2.05) is 32.0 Å². The van der Waals surface area contributed by atoms with Crippen LogP contribution in [0.4, 0.5) is 10.1 Å². The molecule has 0 aromatic heterocycles. The van der Waals surface area contributed by atoms with Crippen molar-refractivity contribution in [1.29, 1.82) is 0 Å². The van der Waals surface area contributed by atoms with E-state index in [0.717, 1.165) is 16.8 Å². The molecule has 6 heteroatoms. The number of amides is 2. The molecule has 0 spiro atoms. The van der Waals surface area contributed by atoms with Gasteiger partial charge < -0.3 is 15.0 Å². The first-order valence-corrected chi connectivity index (χ1v) is 7.84. The number of carbonyl (C=O) groups is 2. The summed E-state index contributed by atoms with van der Waals surface area (Å²) in [6.07, 6.45) is 0. The van der Waals surface area contributed by atoms with Gasteiger partial charge in [0.25, 0.3) is 5.91 Å². The van der Waals surface area contributed by atoms with Crippen molar-refractivity contribution >= 4 is 17.5 Å². The van der Waals surface area contributed by atoms with Crippen LogP contribution in [0.2, 0.25) is 0 Å². The fourth-order valence-electron chi connectivity index (χ4n) is 2.15. The van der Waals surface area contributed by atoms with Crippen molar-refractivity contribution in [2.75, 3.05) is 25.5 Å². The monoisotopic (exact) mass is 344 g/mol. The van der Waals surface area contributed by atoms with E-state index < -0.39 is 0 Å². The van der Waals surface area contributed by atoms with E-state index >= 15 is 0 Å². The highest BCUT2D eigenvalue weighted by molar-refractivity contribution is 5.95. The molecule has 0 aliphatic heterocycles. The number of ether oxygens (including phenoxy) is 1. The van der Waals surface area contributed by atoms with Gasteiger partial charge in [-0.3, -0.25) is 9.59 Å². The molecule has 132 valence electrons. The van der Waals surface area contributed by atoms with Gasteiger partial charge in [0, 0.05) is 12.7 Å². The Bertz CT molecular complexity index is 760. The molecule has 1 N–H and O–H groups in total. The van der Waals surface area contributed by atoms with E-state index in [0.29, 0.717) is 5.75 Å². The lowest BCUT2D eigenvalue weighted by Crippen LogP contribution is -2.37. The summed E-state index contributed by atoms with van der Waals surface area (Å²) < 4.78 is 18.1. The first-order valence-electron chi connectivity index (χ1n) is 7.84. The number of nitrogens with zero attached hydrogens (tertiary/aromatic N) is 1. The van der Waals surface area contributed by atoms with Gasteiger partial charge in [-0.1, -0.05) is 12.1 Å². The number of anilines is 1. The third-order valence-corrected chi connectivity index (χ3v) is 3.65. The number of nitrogens with one attached hydrogen (secondary N) is 1. The zero-order valence-corrected chi connectivity index (χ0v) is 14.5. The Morgan fingerprint density at radius 2 is 1.80 bits per heavy atom. The van der Waals surface area contributed by atoms with Crippen molar-refractivity contribution in [3.63, 3.8) is 0 Å². The number of carbonyl (C=O) groups excluding carboxylic acids is 2. The first kappa shape index (κ1) is 18.4. The third kappa shape index (κ3) is 5.60. The van der Waals surface area contributed by atoms with E-state index in [9.17, 15) is 14.0 Å². The molecule has 0 atom stereocenters. The highest BCUT2D eigenvalue weighted by atomic mass is 19.1. The zero-order valence-electron chi connectivity index (χ0n) is 14.5. The third-order valence-electron chi connectivity index (χ3n) is 3.65. The second-order valence-electron chi connectivity index (χ2n) is 5.86. The predicted octanol–water partition coefficient (Wildman–Crippen LogP) is 2.92. The minimum absolute atomic E-state index is 0.0843. The summed E-state index contributed by atoms with van der Waals surface area (Å²) in [5.41, 5.74) is 2.72. The molecule has 0 saturated heterocycles. The lowest BCUT2D eigenvalue weighted by molar-refractivity contribution is -0.135. The second kappa shape index (κ2) is 8.28. The van der Waals surface area contributed by atoms with E-state index in [-0.39, 0.29) is 30.8 Å². The molecule has 2 amide bonds. The van der Waals surface area contributed by atoms with Crippen LogP contribution < -0.4 is 10.1 Å². The molecule has 0 saturated carbocycles. The molecule has 0 unspecified atom stereocenters. The fourth-order valence-corrected chi connectivity index (χ4v) is 2.15. The predicted molar refractivity (Wildman–Crippen MR) is 94.1 cm³/mol. The van der Waals surface area contributed by atoms with E-state index in [2.05, 4.69) is 5.32 Å². The highest BCUT2D eigenvalue weighted by Gasteiger charge is 2.14. The smallest absolute Gasteiger partial charge is 0.260 e.